The maximum absolute atomic E-state index is 10.5. The summed E-state index contributed by atoms with van der Waals surface area (Å²) in [6.07, 6.45) is 9.64. The minimum atomic E-state index is -0.0827. The third-order valence-corrected chi connectivity index (χ3v) is 13.3. The van der Waals surface area contributed by atoms with E-state index in [1.165, 1.54) is 116 Å². The van der Waals surface area contributed by atoms with Crippen LogP contribution in [0.5, 0.6) is 0 Å². The zero-order chi connectivity index (χ0) is 46.2. The van der Waals surface area contributed by atoms with Gasteiger partial charge in [-0.3, -0.25) is 9.78 Å². The number of ketones is 1. The fourth-order valence-corrected chi connectivity index (χ4v) is 9.70. The van der Waals surface area contributed by atoms with Gasteiger partial charge >= 0.3 is 0 Å². The summed E-state index contributed by atoms with van der Waals surface area (Å²) >= 11 is 0. The predicted molar refractivity (Wildman–Crippen MR) is 278 cm³/mol. The third-order valence-electron chi connectivity index (χ3n) is 13.3. The number of aliphatic hydroxyl groups is 1. The first-order chi connectivity index (χ1) is 32.0. The molecule has 1 aromatic heterocycles. The molecule has 0 amide bonds. The van der Waals surface area contributed by atoms with Crippen molar-refractivity contribution in [1.29, 1.82) is 0 Å². The van der Waals surface area contributed by atoms with Crippen LogP contribution >= 0.6 is 0 Å². The number of aromatic nitrogens is 1. The quantitative estimate of drug-likeness (QED) is 0.0511. The number of allylic oxidation sites excluding steroid dienone is 2. The minimum absolute atomic E-state index is 0. The summed E-state index contributed by atoms with van der Waals surface area (Å²) in [7, 11) is 0. The first-order valence-electron chi connectivity index (χ1n) is 23.9. The van der Waals surface area contributed by atoms with Gasteiger partial charge in [0.1, 0.15) is 0 Å². The fourth-order valence-electron chi connectivity index (χ4n) is 9.70. The van der Waals surface area contributed by atoms with E-state index in [0.29, 0.717) is 12.8 Å². The molecular formula is C63H62IrNO2-. The van der Waals surface area contributed by atoms with E-state index in [9.17, 15) is 4.79 Å². The van der Waals surface area contributed by atoms with Crippen molar-refractivity contribution < 1.29 is 30.0 Å². The number of aryl methyl sites for hydroxylation is 4. The number of pyridine rings is 1. The Morgan fingerprint density at radius 3 is 1.94 bits per heavy atom. The average Bonchev–Trinajstić information content (AvgIpc) is 3.57. The molecule has 3 nitrogen and oxygen atoms in total. The van der Waals surface area contributed by atoms with Crippen LogP contribution < -0.4 is 0 Å². The van der Waals surface area contributed by atoms with Crippen molar-refractivity contribution >= 4 is 16.7 Å². The number of benzene rings is 7. The summed E-state index contributed by atoms with van der Waals surface area (Å²) in [5.41, 5.74) is 21.1. The molecule has 67 heavy (non-hydrogen) atoms. The van der Waals surface area contributed by atoms with Gasteiger partial charge in [0.2, 0.25) is 0 Å². The van der Waals surface area contributed by atoms with Gasteiger partial charge in [0.05, 0.1) is 11.3 Å². The standard InChI is InChI=1S/C56H50N.C7H12O2.Ir/c1-38-32-46(43-25-17-22-41(34-43)21-10-6-5-9-18-40-19-11-7-12-20-40)33-39(2)55(38)45-29-31-53-50(35-45)49(42-23-13-8-14-24-42)37-54(57-53)44-28-30-48-47-26-15-16-27-51(47)56(3,4)52(48)36-44;1-3-6(8)5-7(9)4-2;/h7-8,11-17,19-20,22-27,29-37H,5-6,9-10,18,21H2,1-4H3;5,8H,3-4H2,1-2H3;/q-1;;/b;6-5-;. The molecule has 0 unspecified atom stereocenters. The van der Waals surface area contributed by atoms with Crippen molar-refractivity contribution in [3.8, 4) is 55.8 Å². The molecule has 8 aromatic rings. The summed E-state index contributed by atoms with van der Waals surface area (Å²) in [6.45, 7) is 12.8. The number of hydrogen-bond donors (Lipinski definition) is 1. The van der Waals surface area contributed by atoms with Crippen LogP contribution in [-0.4, -0.2) is 15.9 Å². The SMILES string of the molecule is CCC(=O)/C=C(\O)CC.Cc1cc(-c2cccc(CCCCCCc3ccccc3)c2)cc(C)c1-c1ccc2nc(-c3[c-]cc4c(c3)C(C)(C)c3ccccc3-4)cc(-c3ccccc3)c2c1.[Ir]. The molecule has 341 valence electrons. The van der Waals surface area contributed by atoms with Crippen LogP contribution in [-0.2, 0) is 43.2 Å². The Hall–Kier alpha value is -6.19. The molecular weight excluding hydrogens is 995 g/mol. The number of rotatable bonds is 14. The van der Waals surface area contributed by atoms with E-state index in [1.54, 1.807) is 13.8 Å². The van der Waals surface area contributed by atoms with Gasteiger partial charge in [-0.25, -0.2) is 0 Å². The Kier molecular flexibility index (Phi) is 16.1. The maximum Gasteiger partial charge on any atom is 0.158 e. The van der Waals surface area contributed by atoms with Gasteiger partial charge in [0.25, 0.3) is 0 Å². The van der Waals surface area contributed by atoms with Crippen molar-refractivity contribution in [2.75, 3.05) is 0 Å². The van der Waals surface area contributed by atoms with Gasteiger partial charge in [-0.15, -0.1) is 29.3 Å². The van der Waals surface area contributed by atoms with Crippen LogP contribution in [0.25, 0.3) is 66.7 Å². The molecule has 0 aliphatic heterocycles. The molecule has 1 aliphatic rings. The van der Waals surface area contributed by atoms with Crippen LogP contribution in [0.1, 0.15) is 99.6 Å². The van der Waals surface area contributed by atoms with Crippen molar-refractivity contribution in [3.63, 3.8) is 0 Å². The molecule has 0 atom stereocenters. The average molecular weight is 1060 g/mol. The number of carbonyl (C=O) groups is 1. The Bertz CT molecular complexity index is 3000. The van der Waals surface area contributed by atoms with E-state index in [2.05, 4.69) is 191 Å². The molecule has 9 rings (SSSR count). The second kappa shape index (κ2) is 22.1. The molecule has 0 saturated carbocycles. The normalized spacial score (nSPS) is 12.4. The molecule has 1 aliphatic carbocycles. The largest absolute Gasteiger partial charge is 0.512 e. The van der Waals surface area contributed by atoms with E-state index in [0.717, 1.165) is 28.6 Å². The van der Waals surface area contributed by atoms with Crippen molar-refractivity contribution in [1.82, 2.24) is 4.98 Å². The maximum atomic E-state index is 10.5. The van der Waals surface area contributed by atoms with E-state index in [4.69, 9.17) is 10.1 Å². The minimum Gasteiger partial charge on any atom is -0.512 e. The Balaban J connectivity index is 0.000000606. The summed E-state index contributed by atoms with van der Waals surface area (Å²) in [6, 6.07) is 61.6. The molecule has 0 fully saturated rings. The van der Waals surface area contributed by atoms with Crippen molar-refractivity contribution in [2.45, 2.75) is 98.3 Å². The molecule has 7 aromatic carbocycles. The topological polar surface area (TPSA) is 50.2 Å². The number of nitrogens with zero attached hydrogens (tertiary/aromatic N) is 1. The molecule has 0 saturated heterocycles. The number of unbranched alkanes of at least 4 members (excludes halogenated alkanes) is 3. The first-order valence-corrected chi connectivity index (χ1v) is 23.9. The van der Waals surface area contributed by atoms with Crippen LogP contribution in [0.4, 0.5) is 0 Å². The second-order valence-electron chi connectivity index (χ2n) is 18.4. The van der Waals surface area contributed by atoms with Crippen LogP contribution in [0.2, 0.25) is 0 Å². The van der Waals surface area contributed by atoms with E-state index < -0.39 is 0 Å². The molecule has 1 radical (unpaired) electrons. The Morgan fingerprint density at radius 1 is 0.597 bits per heavy atom. The zero-order valence-electron chi connectivity index (χ0n) is 39.9. The smallest absolute Gasteiger partial charge is 0.158 e. The summed E-state index contributed by atoms with van der Waals surface area (Å²) in [4.78, 5) is 15.9. The molecule has 4 heteroatoms. The van der Waals surface area contributed by atoms with Crippen molar-refractivity contribution in [2.24, 2.45) is 0 Å². The van der Waals surface area contributed by atoms with Gasteiger partial charge in [-0.2, -0.15) is 0 Å². The van der Waals surface area contributed by atoms with Crippen LogP contribution in [0, 0.1) is 19.9 Å². The number of carbonyl (C=O) groups excluding carboxylic acids is 1. The van der Waals surface area contributed by atoms with E-state index >= 15 is 0 Å². The number of hydrogen-bond acceptors (Lipinski definition) is 3. The number of aliphatic hydroxyl groups excluding tert-OH is 1. The van der Waals surface area contributed by atoms with Gasteiger partial charge < -0.3 is 5.11 Å². The monoisotopic (exact) mass is 1060 g/mol. The summed E-state index contributed by atoms with van der Waals surface area (Å²) in [5.74, 6) is 0.149. The Morgan fingerprint density at radius 2 is 1.24 bits per heavy atom. The van der Waals surface area contributed by atoms with Gasteiger partial charge in [0, 0.05) is 44.4 Å². The molecule has 0 spiro atoms. The van der Waals surface area contributed by atoms with Gasteiger partial charge in [0.15, 0.2) is 5.78 Å². The van der Waals surface area contributed by atoms with Crippen molar-refractivity contribution in [3.05, 3.63) is 209 Å². The van der Waals surface area contributed by atoms with E-state index in [1.807, 2.05) is 0 Å². The van der Waals surface area contributed by atoms with Gasteiger partial charge in [-0.05, 0) is 124 Å². The second-order valence-corrected chi connectivity index (χ2v) is 18.4. The zero-order valence-corrected chi connectivity index (χ0v) is 42.3. The predicted octanol–water partition coefficient (Wildman–Crippen LogP) is 16.8. The Labute approximate surface area is 412 Å². The fraction of sp³-hybridized carbons (Fsp3) is 0.238. The number of fused-ring (bicyclic) bond motifs is 4. The molecule has 1 N–H and O–H groups in total. The summed E-state index contributed by atoms with van der Waals surface area (Å²) < 4.78 is 0. The third kappa shape index (κ3) is 11.2. The first kappa shape index (κ1) is 48.7. The molecule has 0 bridgehead atoms. The van der Waals surface area contributed by atoms with E-state index in [-0.39, 0.29) is 37.1 Å². The van der Waals surface area contributed by atoms with Crippen LogP contribution in [0.3, 0.4) is 0 Å². The molecule has 1 heterocycles. The van der Waals surface area contributed by atoms with Gasteiger partial charge in [-0.1, -0.05) is 185 Å². The summed E-state index contributed by atoms with van der Waals surface area (Å²) in [5, 5.41) is 9.96. The van der Waals surface area contributed by atoms with Crippen LogP contribution in [0.15, 0.2) is 170 Å².